The van der Waals surface area contributed by atoms with Crippen LogP contribution in [0, 0.1) is 20.8 Å². The molecule has 2 fully saturated rings. The number of carboxylic acid groups (broad SMARTS) is 1. The number of ether oxygens (including phenoxy) is 2. The number of carbonyl (C=O) groups excluding carboxylic acids is 2. The van der Waals surface area contributed by atoms with Crippen molar-refractivity contribution in [3.8, 4) is 0 Å². The van der Waals surface area contributed by atoms with E-state index in [1.54, 1.807) is 6.07 Å². The van der Waals surface area contributed by atoms with Gasteiger partial charge < -0.3 is 24.8 Å². The van der Waals surface area contributed by atoms with Crippen LogP contribution < -0.4 is 5.32 Å². The number of benzene rings is 3. The molecule has 9 heteroatoms. The maximum Gasteiger partial charge on any atom is 0.336 e. The predicted octanol–water partition coefficient (Wildman–Crippen LogP) is 8.29. The Kier molecular flexibility index (Phi) is 13.7. The zero-order valence-corrected chi connectivity index (χ0v) is 27.7. The summed E-state index contributed by atoms with van der Waals surface area (Å²) in [6, 6.07) is 21.0. The van der Waals surface area contributed by atoms with Gasteiger partial charge >= 0.3 is 12.0 Å². The Hall–Kier alpha value is -4.30. The fourth-order valence-electron chi connectivity index (χ4n) is 6.39. The smallest absolute Gasteiger partial charge is 0.336 e. The van der Waals surface area contributed by atoms with E-state index in [0.29, 0.717) is 30.0 Å². The normalized spacial score (nSPS) is 17.6. The van der Waals surface area contributed by atoms with Crippen LogP contribution in [0.4, 0.5) is 16.2 Å². The molecule has 3 aromatic rings. The molecule has 2 N–H and O–H groups in total. The van der Waals surface area contributed by atoms with Crippen LogP contribution in [0.5, 0.6) is 0 Å². The number of aromatic carboxylic acids is 1. The van der Waals surface area contributed by atoms with Gasteiger partial charge in [0.1, 0.15) is 0 Å². The van der Waals surface area contributed by atoms with Crippen molar-refractivity contribution in [2.24, 2.45) is 4.99 Å². The van der Waals surface area contributed by atoms with Crippen molar-refractivity contribution in [1.29, 1.82) is 0 Å². The van der Waals surface area contributed by atoms with Gasteiger partial charge in [0.25, 0.3) is 0 Å². The number of aliphatic imine (C=N–C) groups is 1. The summed E-state index contributed by atoms with van der Waals surface area (Å²) < 4.78 is 12.4. The number of anilines is 1. The first-order valence-corrected chi connectivity index (χ1v) is 16.6. The summed E-state index contributed by atoms with van der Waals surface area (Å²) in [6.45, 7) is 7.06. The molecule has 0 spiro atoms. The molecule has 5 rings (SSSR count). The fourth-order valence-corrected chi connectivity index (χ4v) is 6.39. The number of para-hydroxylation sites is 2. The van der Waals surface area contributed by atoms with Gasteiger partial charge in [0.2, 0.25) is 6.08 Å². The van der Waals surface area contributed by atoms with Gasteiger partial charge in [-0.2, -0.15) is 4.99 Å². The van der Waals surface area contributed by atoms with E-state index in [9.17, 15) is 19.5 Å². The lowest BCUT2D eigenvalue weighted by atomic mass is 9.94. The molecular formula is C38H47N3O6. The molecule has 0 saturated heterocycles. The Morgan fingerprint density at radius 1 is 0.851 bits per heavy atom. The van der Waals surface area contributed by atoms with Gasteiger partial charge in [-0.25, -0.2) is 14.4 Å². The molecule has 2 unspecified atom stereocenters. The number of urea groups is 1. The number of isocyanates is 1. The minimum Gasteiger partial charge on any atom is -0.478 e. The first-order chi connectivity index (χ1) is 22.8. The van der Waals surface area contributed by atoms with E-state index >= 15 is 0 Å². The molecule has 2 aliphatic rings. The summed E-state index contributed by atoms with van der Waals surface area (Å²) in [7, 11) is 0. The number of hydrogen-bond acceptors (Lipinski definition) is 6. The Morgan fingerprint density at radius 2 is 1.51 bits per heavy atom. The van der Waals surface area contributed by atoms with Crippen molar-refractivity contribution in [3.63, 3.8) is 0 Å². The van der Waals surface area contributed by atoms with Gasteiger partial charge in [-0.1, -0.05) is 67.4 Å². The van der Waals surface area contributed by atoms with Crippen LogP contribution in [0.3, 0.4) is 0 Å². The molecule has 47 heavy (non-hydrogen) atoms. The highest BCUT2D eigenvalue weighted by molar-refractivity contribution is 5.91. The van der Waals surface area contributed by atoms with Gasteiger partial charge in [0, 0.05) is 18.3 Å². The maximum absolute atomic E-state index is 13.2. The molecule has 0 heterocycles. The van der Waals surface area contributed by atoms with Crippen molar-refractivity contribution in [2.75, 3.05) is 18.5 Å². The maximum atomic E-state index is 13.2. The van der Waals surface area contributed by atoms with E-state index in [0.717, 1.165) is 73.7 Å². The van der Waals surface area contributed by atoms with Crippen LogP contribution in [0.1, 0.15) is 84.0 Å². The number of hydrogen-bond donors (Lipinski definition) is 2. The lowest BCUT2D eigenvalue weighted by Crippen LogP contribution is -2.44. The van der Waals surface area contributed by atoms with E-state index in [-0.39, 0.29) is 30.9 Å². The topological polar surface area (TPSA) is 118 Å². The summed E-state index contributed by atoms with van der Waals surface area (Å²) in [6.07, 6.45) is 9.73. The highest BCUT2D eigenvalue weighted by Crippen LogP contribution is 2.27. The first kappa shape index (κ1) is 35.6. The first-order valence-electron chi connectivity index (χ1n) is 16.6. The number of carbonyl (C=O) groups is 2. The standard InChI is InChI=1S/C30H40N2O5.C8H7NO/c1-21-9-3-6-16-27(21)31-30(35)32(24-12-4-5-13-24)17-18-36-25-14-8-15-26(19-25)37-20-23-11-7-10-22(2)28(23)29(33)34;1-7-4-2-3-5-8(7)9-6-10/h3,6-7,9-11,16,24-26H,4-5,8,12-15,17-20H2,1-2H3,(H,31,35)(H,33,34);2-5H,1H3. The Labute approximate surface area is 278 Å². The van der Waals surface area contributed by atoms with Crippen LogP contribution in [0.15, 0.2) is 71.7 Å². The number of amides is 2. The van der Waals surface area contributed by atoms with Gasteiger partial charge in [-0.05, 0) is 93.7 Å². The van der Waals surface area contributed by atoms with Gasteiger partial charge in [-0.3, -0.25) is 0 Å². The molecule has 9 nitrogen and oxygen atoms in total. The minimum atomic E-state index is -0.917. The second-order valence-electron chi connectivity index (χ2n) is 12.4. The zero-order valence-electron chi connectivity index (χ0n) is 27.7. The van der Waals surface area contributed by atoms with Crippen LogP contribution in [-0.2, 0) is 20.9 Å². The summed E-state index contributed by atoms with van der Waals surface area (Å²) in [4.78, 5) is 40.2. The number of carboxylic acids is 1. The average molecular weight is 642 g/mol. The van der Waals surface area contributed by atoms with Crippen molar-refractivity contribution >= 4 is 29.5 Å². The molecule has 0 aromatic heterocycles. The molecule has 2 saturated carbocycles. The highest BCUT2D eigenvalue weighted by atomic mass is 16.5. The lowest BCUT2D eigenvalue weighted by molar-refractivity contribution is -0.0531. The largest absolute Gasteiger partial charge is 0.478 e. The van der Waals surface area contributed by atoms with Crippen molar-refractivity contribution in [3.05, 3.63) is 94.5 Å². The van der Waals surface area contributed by atoms with Crippen molar-refractivity contribution in [1.82, 2.24) is 4.90 Å². The molecule has 0 radical (unpaired) electrons. The van der Waals surface area contributed by atoms with Gasteiger partial charge in [0.15, 0.2) is 0 Å². The average Bonchev–Trinajstić information content (AvgIpc) is 3.59. The minimum absolute atomic E-state index is 0.0381. The zero-order chi connectivity index (χ0) is 33.6. The third-order valence-corrected chi connectivity index (χ3v) is 9.01. The Morgan fingerprint density at radius 3 is 2.19 bits per heavy atom. The lowest BCUT2D eigenvalue weighted by Gasteiger charge is -2.32. The molecule has 2 atom stereocenters. The van der Waals surface area contributed by atoms with E-state index < -0.39 is 5.97 Å². The Bertz CT molecular complexity index is 1530. The number of rotatable bonds is 11. The third kappa shape index (κ3) is 10.6. The second-order valence-corrected chi connectivity index (χ2v) is 12.4. The van der Waals surface area contributed by atoms with Crippen LogP contribution in [-0.4, -0.2) is 59.5 Å². The molecule has 0 bridgehead atoms. The van der Waals surface area contributed by atoms with Crippen molar-refractivity contribution < 1.29 is 29.0 Å². The molecule has 3 aromatic carbocycles. The van der Waals surface area contributed by atoms with Gasteiger partial charge in [0.05, 0.1) is 36.7 Å². The summed E-state index contributed by atoms with van der Waals surface area (Å²) in [5.74, 6) is -0.917. The van der Waals surface area contributed by atoms with E-state index in [2.05, 4.69) is 10.3 Å². The number of nitrogens with one attached hydrogen (secondary N) is 1. The number of aryl methyl sites for hydroxylation is 3. The van der Waals surface area contributed by atoms with E-state index in [4.69, 9.17) is 9.47 Å². The third-order valence-electron chi connectivity index (χ3n) is 9.01. The van der Waals surface area contributed by atoms with Gasteiger partial charge in [-0.15, -0.1) is 0 Å². The molecule has 250 valence electrons. The quantitative estimate of drug-likeness (QED) is 0.161. The molecule has 2 amide bonds. The van der Waals surface area contributed by atoms with E-state index in [1.165, 1.54) is 6.08 Å². The SMILES string of the molecule is Cc1ccccc1N=C=O.Cc1ccccc1NC(=O)N(CCOC1CCCC(OCc2cccc(C)c2C(=O)O)C1)C1CCCC1. The molecule has 0 aliphatic heterocycles. The summed E-state index contributed by atoms with van der Waals surface area (Å²) in [5, 5.41) is 12.7. The number of nitrogens with zero attached hydrogens (tertiary/aromatic N) is 2. The van der Waals surface area contributed by atoms with E-state index in [1.807, 2.05) is 86.3 Å². The predicted molar refractivity (Wildman–Crippen MR) is 183 cm³/mol. The molecule has 2 aliphatic carbocycles. The Balaban J connectivity index is 0.000000427. The van der Waals surface area contributed by atoms with Crippen LogP contribution in [0.25, 0.3) is 0 Å². The fraction of sp³-hybridized carbons (Fsp3) is 0.447. The van der Waals surface area contributed by atoms with Crippen molar-refractivity contribution in [2.45, 2.75) is 97.0 Å². The van der Waals surface area contributed by atoms with Crippen LogP contribution >= 0.6 is 0 Å². The second kappa shape index (κ2) is 18.1. The highest BCUT2D eigenvalue weighted by Gasteiger charge is 2.28. The monoisotopic (exact) mass is 641 g/mol. The summed E-state index contributed by atoms with van der Waals surface area (Å²) >= 11 is 0. The molecular weight excluding hydrogens is 594 g/mol. The van der Waals surface area contributed by atoms with Crippen LogP contribution in [0.2, 0.25) is 0 Å². The summed E-state index contributed by atoms with van der Waals surface area (Å²) in [5.41, 5.74) is 5.38.